The Morgan fingerprint density at radius 3 is 2.93 bits per heavy atom. The van der Waals surface area contributed by atoms with Gasteiger partial charge >= 0.3 is 0 Å². The molecule has 0 atom stereocenters. The van der Waals surface area contributed by atoms with E-state index in [-0.39, 0.29) is 11.8 Å². The molecule has 0 saturated heterocycles. The van der Waals surface area contributed by atoms with Gasteiger partial charge in [0.15, 0.2) is 5.96 Å². The molecule has 3 nitrogen and oxygen atoms in total. The van der Waals surface area contributed by atoms with E-state index in [2.05, 4.69) is 10.3 Å². The highest BCUT2D eigenvalue weighted by Crippen LogP contribution is 2.14. The van der Waals surface area contributed by atoms with Crippen molar-refractivity contribution in [2.24, 2.45) is 10.7 Å². The first-order chi connectivity index (χ1) is 7.13. The molecule has 1 aromatic carbocycles. The Hall–Kier alpha value is -1.58. The first-order valence-electron chi connectivity index (χ1n) is 4.96. The zero-order valence-corrected chi connectivity index (χ0v) is 9.05. The number of aryl methyl sites for hydroxylation is 1. The van der Waals surface area contributed by atoms with Crippen LogP contribution in [0.2, 0.25) is 0 Å². The first-order valence-corrected chi connectivity index (χ1v) is 4.96. The van der Waals surface area contributed by atoms with Crippen molar-refractivity contribution >= 4 is 11.6 Å². The summed E-state index contributed by atoms with van der Waals surface area (Å²) in [5, 5.41) is 2.74. The fourth-order valence-electron chi connectivity index (χ4n) is 1.14. The van der Waals surface area contributed by atoms with Crippen molar-refractivity contribution in [2.45, 2.75) is 20.3 Å². The molecule has 3 N–H and O–H groups in total. The van der Waals surface area contributed by atoms with Crippen molar-refractivity contribution in [2.75, 3.05) is 11.9 Å². The highest BCUT2D eigenvalue weighted by molar-refractivity contribution is 5.92. The number of rotatable bonds is 3. The highest BCUT2D eigenvalue weighted by atomic mass is 19.1. The Morgan fingerprint density at radius 1 is 1.53 bits per heavy atom. The van der Waals surface area contributed by atoms with Gasteiger partial charge in [-0.25, -0.2) is 4.39 Å². The fourth-order valence-corrected chi connectivity index (χ4v) is 1.14. The van der Waals surface area contributed by atoms with Gasteiger partial charge in [0.2, 0.25) is 0 Å². The van der Waals surface area contributed by atoms with Crippen LogP contribution in [0.4, 0.5) is 10.1 Å². The number of aliphatic imine (C=N–C) groups is 1. The van der Waals surface area contributed by atoms with Gasteiger partial charge in [0.25, 0.3) is 0 Å². The Bertz CT molecular complexity index is 361. The van der Waals surface area contributed by atoms with Gasteiger partial charge in [-0.1, -0.05) is 13.0 Å². The molecule has 0 aliphatic carbocycles. The Labute approximate surface area is 89.2 Å². The number of nitrogens with two attached hydrogens (primary N) is 1. The Morgan fingerprint density at radius 2 is 2.27 bits per heavy atom. The molecule has 0 aromatic heterocycles. The van der Waals surface area contributed by atoms with E-state index < -0.39 is 0 Å². The predicted octanol–water partition coefficient (Wildman–Crippen LogP) is 2.27. The quantitative estimate of drug-likeness (QED) is 0.592. The van der Waals surface area contributed by atoms with Crippen LogP contribution in [-0.4, -0.2) is 12.5 Å². The second kappa shape index (κ2) is 5.34. The van der Waals surface area contributed by atoms with Crippen LogP contribution < -0.4 is 11.1 Å². The third-order valence-electron chi connectivity index (χ3n) is 1.89. The molecular formula is C11H16FN3. The van der Waals surface area contributed by atoms with E-state index in [9.17, 15) is 4.39 Å². The second-order valence-corrected chi connectivity index (χ2v) is 3.38. The van der Waals surface area contributed by atoms with Crippen LogP contribution in [0.1, 0.15) is 18.9 Å². The van der Waals surface area contributed by atoms with Crippen molar-refractivity contribution in [3.63, 3.8) is 0 Å². The van der Waals surface area contributed by atoms with Crippen molar-refractivity contribution < 1.29 is 4.39 Å². The lowest BCUT2D eigenvalue weighted by Gasteiger charge is -2.07. The summed E-state index contributed by atoms with van der Waals surface area (Å²) in [6.45, 7) is 4.54. The Balaban J connectivity index is 2.75. The maximum Gasteiger partial charge on any atom is 0.193 e. The van der Waals surface area contributed by atoms with Crippen molar-refractivity contribution in [1.82, 2.24) is 0 Å². The summed E-state index contributed by atoms with van der Waals surface area (Å²) in [5.74, 6) is -0.0726. The summed E-state index contributed by atoms with van der Waals surface area (Å²) in [5.41, 5.74) is 6.93. The van der Waals surface area contributed by atoms with E-state index in [1.54, 1.807) is 12.1 Å². The third-order valence-corrected chi connectivity index (χ3v) is 1.89. The molecule has 0 amide bonds. The van der Waals surface area contributed by atoms with Gasteiger partial charge in [-0.3, -0.25) is 4.99 Å². The van der Waals surface area contributed by atoms with E-state index in [1.165, 1.54) is 6.07 Å². The van der Waals surface area contributed by atoms with Gasteiger partial charge in [0.1, 0.15) is 5.82 Å². The molecule has 0 bridgehead atoms. The highest BCUT2D eigenvalue weighted by Gasteiger charge is 2.02. The molecule has 0 heterocycles. The molecule has 0 radical (unpaired) electrons. The van der Waals surface area contributed by atoms with Crippen LogP contribution >= 0.6 is 0 Å². The van der Waals surface area contributed by atoms with Gasteiger partial charge in [0, 0.05) is 6.54 Å². The minimum atomic E-state index is -0.324. The number of hydrogen-bond donors (Lipinski definition) is 2. The molecular weight excluding hydrogens is 193 g/mol. The van der Waals surface area contributed by atoms with Crippen LogP contribution in [0, 0.1) is 12.7 Å². The molecule has 0 fully saturated rings. The maximum atomic E-state index is 13.3. The van der Waals surface area contributed by atoms with Gasteiger partial charge in [-0.05, 0) is 31.0 Å². The number of nitrogens with zero attached hydrogens (tertiary/aromatic N) is 1. The summed E-state index contributed by atoms with van der Waals surface area (Å²) in [4.78, 5) is 4.03. The minimum absolute atomic E-state index is 0.251. The number of guanidine groups is 1. The Kier molecular flexibility index (Phi) is 4.09. The second-order valence-electron chi connectivity index (χ2n) is 3.38. The van der Waals surface area contributed by atoms with Gasteiger partial charge in [0.05, 0.1) is 5.69 Å². The number of anilines is 1. The fraction of sp³-hybridized carbons (Fsp3) is 0.364. The predicted molar refractivity (Wildman–Crippen MR) is 61.5 cm³/mol. The molecule has 1 rings (SSSR count). The van der Waals surface area contributed by atoms with Gasteiger partial charge in [-0.15, -0.1) is 0 Å². The molecule has 0 unspecified atom stereocenters. The lowest BCUT2D eigenvalue weighted by atomic mass is 10.2. The van der Waals surface area contributed by atoms with Gasteiger partial charge < -0.3 is 11.1 Å². The van der Waals surface area contributed by atoms with E-state index in [4.69, 9.17) is 5.73 Å². The smallest absolute Gasteiger partial charge is 0.193 e. The standard InChI is InChI=1S/C11H16FN3/c1-3-6-14-11(13)15-10-7-8(2)4-5-9(10)12/h4-5,7H,3,6H2,1-2H3,(H3,13,14,15). The van der Waals surface area contributed by atoms with Crippen molar-refractivity contribution in [3.8, 4) is 0 Å². The average molecular weight is 209 g/mol. The first kappa shape index (κ1) is 11.5. The lowest BCUT2D eigenvalue weighted by molar-refractivity contribution is 0.631. The monoisotopic (exact) mass is 209 g/mol. The van der Waals surface area contributed by atoms with Gasteiger partial charge in [-0.2, -0.15) is 0 Å². The van der Waals surface area contributed by atoms with E-state index in [0.717, 1.165) is 12.0 Å². The van der Waals surface area contributed by atoms with Crippen LogP contribution in [0.25, 0.3) is 0 Å². The number of nitrogens with one attached hydrogen (secondary N) is 1. The minimum Gasteiger partial charge on any atom is -0.370 e. The maximum absolute atomic E-state index is 13.3. The summed E-state index contributed by atoms with van der Waals surface area (Å²) < 4.78 is 13.3. The summed E-state index contributed by atoms with van der Waals surface area (Å²) >= 11 is 0. The van der Waals surface area contributed by atoms with Crippen molar-refractivity contribution in [1.29, 1.82) is 0 Å². The third kappa shape index (κ3) is 3.58. The van der Waals surface area contributed by atoms with Crippen LogP contribution in [-0.2, 0) is 0 Å². The molecule has 0 saturated carbocycles. The molecule has 1 aromatic rings. The number of hydrogen-bond acceptors (Lipinski definition) is 1. The lowest BCUT2D eigenvalue weighted by Crippen LogP contribution is -2.23. The molecule has 0 spiro atoms. The van der Waals surface area contributed by atoms with Crippen LogP contribution in [0.15, 0.2) is 23.2 Å². The topological polar surface area (TPSA) is 50.4 Å². The molecule has 82 valence electrons. The molecule has 4 heteroatoms. The largest absolute Gasteiger partial charge is 0.370 e. The number of halogens is 1. The zero-order chi connectivity index (χ0) is 11.3. The van der Waals surface area contributed by atoms with Crippen LogP contribution in [0.5, 0.6) is 0 Å². The summed E-state index contributed by atoms with van der Waals surface area (Å²) in [6, 6.07) is 4.81. The summed E-state index contributed by atoms with van der Waals surface area (Å²) in [6.07, 6.45) is 0.915. The molecule has 0 aliphatic rings. The number of benzene rings is 1. The van der Waals surface area contributed by atoms with E-state index >= 15 is 0 Å². The molecule has 0 aliphatic heterocycles. The average Bonchev–Trinajstić information content (AvgIpc) is 2.20. The zero-order valence-electron chi connectivity index (χ0n) is 9.05. The SMILES string of the molecule is CCCN=C(N)Nc1cc(C)ccc1F. The summed E-state index contributed by atoms with van der Waals surface area (Å²) in [7, 11) is 0. The van der Waals surface area contributed by atoms with E-state index in [0.29, 0.717) is 12.2 Å². The van der Waals surface area contributed by atoms with Crippen molar-refractivity contribution in [3.05, 3.63) is 29.6 Å². The normalized spacial score (nSPS) is 11.5. The van der Waals surface area contributed by atoms with Crippen LogP contribution in [0.3, 0.4) is 0 Å². The molecule has 15 heavy (non-hydrogen) atoms. The van der Waals surface area contributed by atoms with E-state index in [1.807, 2.05) is 13.8 Å².